The number of methoxy groups -OCH3 is 2. The molecule has 0 aromatic heterocycles. The van der Waals surface area contributed by atoms with Gasteiger partial charge in [0.25, 0.3) is 5.78 Å². The number of Topliss-reactive ketones (excluding diaryl/α,β-unsaturated/α-hetero) is 1. The maximum atomic E-state index is 12.4. The second-order valence-corrected chi connectivity index (χ2v) is 5.49. The van der Waals surface area contributed by atoms with Crippen molar-refractivity contribution in [2.45, 2.75) is 32.5 Å². The Labute approximate surface area is 153 Å². The van der Waals surface area contributed by atoms with Crippen molar-refractivity contribution in [2.24, 2.45) is 0 Å². The molecule has 10 heteroatoms. The van der Waals surface area contributed by atoms with Gasteiger partial charge >= 0.3 is 18.1 Å². The minimum absolute atomic E-state index is 0.0124. The van der Waals surface area contributed by atoms with E-state index < -0.39 is 29.9 Å². The van der Waals surface area contributed by atoms with Gasteiger partial charge in [-0.1, -0.05) is 0 Å². The SMILES string of the molecule is CCOC(=O)C(=O)c1cc(OC)c(C[C@@H](C)NC(=O)C(F)(F)F)cc1OC. The Kier molecular flexibility index (Phi) is 7.62. The van der Waals surface area contributed by atoms with Gasteiger partial charge in [-0.2, -0.15) is 13.2 Å². The molecule has 1 amide bonds. The number of carbonyl (C=O) groups is 3. The molecular formula is C17H20F3NO6. The van der Waals surface area contributed by atoms with E-state index in [0.717, 1.165) is 0 Å². The lowest BCUT2D eigenvalue weighted by Gasteiger charge is -2.18. The van der Waals surface area contributed by atoms with Crippen LogP contribution >= 0.6 is 0 Å². The van der Waals surface area contributed by atoms with E-state index in [1.165, 1.54) is 33.3 Å². The summed E-state index contributed by atoms with van der Waals surface area (Å²) in [7, 11) is 2.56. The number of alkyl halides is 3. The first kappa shape index (κ1) is 22.3. The van der Waals surface area contributed by atoms with Crippen LogP contribution in [0.1, 0.15) is 29.8 Å². The fourth-order valence-corrected chi connectivity index (χ4v) is 2.29. The number of ether oxygens (including phenoxy) is 3. The molecule has 0 unspecified atom stereocenters. The first-order chi connectivity index (χ1) is 12.5. The number of rotatable bonds is 8. The number of nitrogens with one attached hydrogen (secondary N) is 1. The lowest BCUT2D eigenvalue weighted by atomic mass is 10.0. The third kappa shape index (κ3) is 5.87. The maximum Gasteiger partial charge on any atom is 0.471 e. The molecule has 0 bridgehead atoms. The normalized spacial score (nSPS) is 12.1. The summed E-state index contributed by atoms with van der Waals surface area (Å²) in [4.78, 5) is 34.9. The van der Waals surface area contributed by atoms with E-state index in [9.17, 15) is 27.6 Å². The van der Waals surface area contributed by atoms with E-state index in [2.05, 4.69) is 4.74 Å². The number of hydrogen-bond donors (Lipinski definition) is 1. The van der Waals surface area contributed by atoms with E-state index in [1.807, 2.05) is 5.32 Å². The van der Waals surface area contributed by atoms with Crippen LogP contribution in [0.15, 0.2) is 12.1 Å². The number of benzene rings is 1. The second-order valence-electron chi connectivity index (χ2n) is 5.49. The van der Waals surface area contributed by atoms with Crippen LogP contribution in [0.25, 0.3) is 0 Å². The summed E-state index contributed by atoms with van der Waals surface area (Å²) < 4.78 is 52.0. The molecule has 150 valence electrons. The molecule has 27 heavy (non-hydrogen) atoms. The van der Waals surface area contributed by atoms with Crippen molar-refractivity contribution in [3.63, 3.8) is 0 Å². The Balaban J connectivity index is 3.14. The van der Waals surface area contributed by atoms with Gasteiger partial charge in [0.15, 0.2) is 0 Å². The molecule has 0 fully saturated rings. The number of amides is 1. The van der Waals surface area contributed by atoms with E-state index in [1.54, 1.807) is 6.92 Å². The highest BCUT2D eigenvalue weighted by atomic mass is 19.4. The predicted molar refractivity (Wildman–Crippen MR) is 87.9 cm³/mol. The van der Waals surface area contributed by atoms with Crippen LogP contribution in [0.3, 0.4) is 0 Å². The zero-order chi connectivity index (χ0) is 20.8. The predicted octanol–water partition coefficient (Wildman–Crippen LogP) is 2.06. The van der Waals surface area contributed by atoms with Crippen LogP contribution in [0, 0.1) is 0 Å². The Hall–Kier alpha value is -2.78. The van der Waals surface area contributed by atoms with Crippen LogP contribution in [0.2, 0.25) is 0 Å². The van der Waals surface area contributed by atoms with Gasteiger partial charge in [0, 0.05) is 6.04 Å². The van der Waals surface area contributed by atoms with Crippen molar-refractivity contribution in [3.8, 4) is 11.5 Å². The maximum absolute atomic E-state index is 12.4. The van der Waals surface area contributed by atoms with Gasteiger partial charge in [0.2, 0.25) is 0 Å². The largest absolute Gasteiger partial charge is 0.496 e. The number of halogens is 3. The van der Waals surface area contributed by atoms with Crippen LogP contribution < -0.4 is 14.8 Å². The van der Waals surface area contributed by atoms with E-state index in [-0.39, 0.29) is 30.1 Å². The Morgan fingerprint density at radius 3 is 2.19 bits per heavy atom. The zero-order valence-corrected chi connectivity index (χ0v) is 15.2. The van der Waals surface area contributed by atoms with Gasteiger partial charge in [-0.3, -0.25) is 9.59 Å². The molecule has 7 nitrogen and oxygen atoms in total. The van der Waals surface area contributed by atoms with Gasteiger partial charge in [0.05, 0.1) is 26.4 Å². The molecule has 1 atom stereocenters. The minimum Gasteiger partial charge on any atom is -0.496 e. The molecule has 0 radical (unpaired) electrons. The Bertz CT molecular complexity index is 717. The van der Waals surface area contributed by atoms with E-state index >= 15 is 0 Å². The third-order valence-corrected chi connectivity index (χ3v) is 3.47. The van der Waals surface area contributed by atoms with Crippen molar-refractivity contribution in [3.05, 3.63) is 23.3 Å². The Morgan fingerprint density at radius 2 is 1.70 bits per heavy atom. The first-order valence-corrected chi connectivity index (χ1v) is 7.89. The lowest BCUT2D eigenvalue weighted by Crippen LogP contribution is -2.42. The van der Waals surface area contributed by atoms with E-state index in [0.29, 0.717) is 5.56 Å². The fourth-order valence-electron chi connectivity index (χ4n) is 2.29. The molecule has 1 aromatic carbocycles. The number of hydrogen-bond acceptors (Lipinski definition) is 6. The monoisotopic (exact) mass is 391 g/mol. The average Bonchev–Trinajstić information content (AvgIpc) is 2.59. The molecule has 0 spiro atoms. The van der Waals surface area contributed by atoms with Gasteiger partial charge < -0.3 is 19.5 Å². The first-order valence-electron chi connectivity index (χ1n) is 7.89. The molecule has 0 aliphatic rings. The average molecular weight is 391 g/mol. The summed E-state index contributed by atoms with van der Waals surface area (Å²) in [6.45, 7) is 2.94. The number of esters is 1. The van der Waals surface area contributed by atoms with Gasteiger partial charge in [-0.25, -0.2) is 4.79 Å². The van der Waals surface area contributed by atoms with Crippen molar-refractivity contribution in [2.75, 3.05) is 20.8 Å². The zero-order valence-electron chi connectivity index (χ0n) is 15.2. The van der Waals surface area contributed by atoms with Crippen LogP contribution in [-0.4, -0.2) is 50.7 Å². The molecule has 1 rings (SSSR count). The van der Waals surface area contributed by atoms with Crippen LogP contribution in [0.5, 0.6) is 11.5 Å². The summed E-state index contributed by atoms with van der Waals surface area (Å²) in [6.07, 6.45) is -5.03. The molecule has 0 saturated carbocycles. The second kappa shape index (κ2) is 9.24. The van der Waals surface area contributed by atoms with Crippen LogP contribution in [-0.2, 0) is 20.7 Å². The van der Waals surface area contributed by atoms with Gasteiger partial charge in [-0.05, 0) is 38.0 Å². The van der Waals surface area contributed by atoms with E-state index in [4.69, 9.17) is 9.47 Å². The van der Waals surface area contributed by atoms with Crippen molar-refractivity contribution in [1.29, 1.82) is 0 Å². The van der Waals surface area contributed by atoms with Gasteiger partial charge in [0.1, 0.15) is 11.5 Å². The topological polar surface area (TPSA) is 90.9 Å². The lowest BCUT2D eigenvalue weighted by molar-refractivity contribution is -0.174. The number of ketones is 1. The molecule has 0 aliphatic heterocycles. The minimum atomic E-state index is -4.99. The molecule has 0 saturated heterocycles. The van der Waals surface area contributed by atoms with Crippen molar-refractivity contribution in [1.82, 2.24) is 5.32 Å². The van der Waals surface area contributed by atoms with Crippen molar-refractivity contribution >= 4 is 17.7 Å². The smallest absolute Gasteiger partial charge is 0.471 e. The highest BCUT2D eigenvalue weighted by Crippen LogP contribution is 2.30. The molecule has 0 aliphatic carbocycles. The van der Waals surface area contributed by atoms with Crippen LogP contribution in [0.4, 0.5) is 13.2 Å². The highest BCUT2D eigenvalue weighted by Gasteiger charge is 2.39. The van der Waals surface area contributed by atoms with Gasteiger partial charge in [-0.15, -0.1) is 0 Å². The Morgan fingerprint density at radius 1 is 1.11 bits per heavy atom. The summed E-state index contributed by atoms with van der Waals surface area (Å²) in [5, 5.41) is 1.83. The standard InChI is InChI=1S/C17H20F3NO6/c1-5-27-15(23)14(22)11-8-12(25-3)10(7-13(11)26-4)6-9(2)21-16(24)17(18,19)20/h7-9H,5-6H2,1-4H3,(H,21,24)/t9-/m1/s1. The third-order valence-electron chi connectivity index (χ3n) is 3.47. The summed E-state index contributed by atoms with van der Waals surface area (Å²) >= 11 is 0. The van der Waals surface area contributed by atoms with Crippen molar-refractivity contribution < 1.29 is 41.8 Å². The molecule has 1 N–H and O–H groups in total. The summed E-state index contributed by atoms with van der Waals surface area (Å²) in [5.41, 5.74) is 0.272. The summed E-state index contributed by atoms with van der Waals surface area (Å²) in [6, 6.07) is 1.72. The summed E-state index contributed by atoms with van der Waals surface area (Å²) in [5.74, 6) is -3.90. The highest BCUT2D eigenvalue weighted by molar-refractivity contribution is 6.41. The molecule has 1 aromatic rings. The quantitative estimate of drug-likeness (QED) is 0.414. The number of carbonyl (C=O) groups excluding carboxylic acids is 3. The molecule has 0 heterocycles. The molecular weight excluding hydrogens is 371 g/mol. The fraction of sp³-hybridized carbons (Fsp3) is 0.471.